The topological polar surface area (TPSA) is 58.6 Å². The molecule has 2 rings (SSSR count). The minimum atomic E-state index is -0.149. The summed E-state index contributed by atoms with van der Waals surface area (Å²) >= 11 is 5.94. The number of carbonyl (C=O) groups excluding carboxylic acids is 2. The van der Waals surface area contributed by atoms with Crippen LogP contribution in [0.5, 0.6) is 0 Å². The Bertz CT molecular complexity index is 565. The molecule has 1 aromatic rings. The van der Waals surface area contributed by atoms with Crippen molar-refractivity contribution >= 4 is 23.5 Å². The zero-order valence-electron chi connectivity index (χ0n) is 14.1. The quantitative estimate of drug-likeness (QED) is 0.765. The lowest BCUT2D eigenvalue weighted by Gasteiger charge is -2.30. The molecule has 1 aromatic carbocycles. The number of carbonyl (C=O) groups is 2. The number of esters is 1. The third-order valence-electron chi connectivity index (χ3n) is 4.12. The van der Waals surface area contributed by atoms with Crippen molar-refractivity contribution < 1.29 is 14.3 Å². The van der Waals surface area contributed by atoms with Gasteiger partial charge in [0.05, 0.1) is 19.1 Å². The monoisotopic (exact) mass is 352 g/mol. The number of rotatable bonds is 7. The van der Waals surface area contributed by atoms with Crippen LogP contribution in [0.15, 0.2) is 24.3 Å². The van der Waals surface area contributed by atoms with E-state index in [2.05, 4.69) is 5.32 Å². The molecular weight excluding hydrogens is 328 g/mol. The number of amides is 1. The van der Waals surface area contributed by atoms with E-state index in [4.69, 9.17) is 16.3 Å². The average Bonchev–Trinajstić information content (AvgIpc) is 2.55. The van der Waals surface area contributed by atoms with Crippen molar-refractivity contribution in [2.45, 2.75) is 26.2 Å². The van der Waals surface area contributed by atoms with Crippen molar-refractivity contribution in [1.82, 2.24) is 10.2 Å². The molecule has 0 bridgehead atoms. The second-order valence-electron chi connectivity index (χ2n) is 6.06. The summed E-state index contributed by atoms with van der Waals surface area (Å²) in [4.78, 5) is 25.9. The van der Waals surface area contributed by atoms with Crippen LogP contribution in [0.1, 0.15) is 25.3 Å². The molecule has 1 heterocycles. The van der Waals surface area contributed by atoms with Gasteiger partial charge in [0.1, 0.15) is 0 Å². The lowest BCUT2D eigenvalue weighted by atomic mass is 9.98. The fourth-order valence-corrected chi connectivity index (χ4v) is 3.16. The zero-order chi connectivity index (χ0) is 17.4. The Morgan fingerprint density at radius 1 is 1.42 bits per heavy atom. The number of nitrogens with zero attached hydrogens (tertiary/aromatic N) is 1. The van der Waals surface area contributed by atoms with Gasteiger partial charge in [0.2, 0.25) is 5.91 Å². The van der Waals surface area contributed by atoms with E-state index in [1.807, 2.05) is 36.1 Å². The summed E-state index contributed by atoms with van der Waals surface area (Å²) < 4.78 is 5.08. The second-order valence-corrected chi connectivity index (χ2v) is 6.49. The van der Waals surface area contributed by atoms with Crippen LogP contribution in [0.2, 0.25) is 5.02 Å². The Labute approximate surface area is 148 Å². The van der Waals surface area contributed by atoms with Gasteiger partial charge >= 0.3 is 5.97 Å². The number of halogens is 1. The van der Waals surface area contributed by atoms with Gasteiger partial charge in [-0.2, -0.15) is 0 Å². The molecule has 0 spiro atoms. The first-order chi connectivity index (χ1) is 11.6. The molecule has 0 radical (unpaired) electrons. The summed E-state index contributed by atoms with van der Waals surface area (Å²) in [5.41, 5.74) is 1.10. The van der Waals surface area contributed by atoms with E-state index in [1.165, 1.54) is 0 Å². The summed E-state index contributed by atoms with van der Waals surface area (Å²) in [6, 6.07) is 7.64. The molecule has 1 aliphatic heterocycles. The van der Waals surface area contributed by atoms with E-state index < -0.39 is 0 Å². The number of likely N-dealkylation sites (tertiary alicyclic amines) is 1. The lowest BCUT2D eigenvalue weighted by molar-refractivity contribution is -0.150. The molecule has 1 amide bonds. The molecule has 6 heteroatoms. The lowest BCUT2D eigenvalue weighted by Crippen LogP contribution is -2.44. The van der Waals surface area contributed by atoms with E-state index in [0.717, 1.165) is 31.4 Å². The second kappa shape index (κ2) is 9.64. The summed E-state index contributed by atoms with van der Waals surface area (Å²) in [6.07, 6.45) is 2.50. The van der Waals surface area contributed by atoms with E-state index in [9.17, 15) is 9.59 Å². The number of nitrogens with one attached hydrogen (secondary N) is 1. The summed E-state index contributed by atoms with van der Waals surface area (Å²) in [6.45, 7) is 4.56. The van der Waals surface area contributed by atoms with Gasteiger partial charge in [-0.05, 0) is 50.4 Å². The van der Waals surface area contributed by atoms with Crippen LogP contribution in [0.3, 0.4) is 0 Å². The number of ether oxygens (including phenoxy) is 1. The van der Waals surface area contributed by atoms with Crippen LogP contribution < -0.4 is 5.32 Å². The Kier molecular flexibility index (Phi) is 7.53. The van der Waals surface area contributed by atoms with Gasteiger partial charge in [-0.1, -0.05) is 23.7 Å². The highest BCUT2D eigenvalue weighted by Gasteiger charge is 2.27. The van der Waals surface area contributed by atoms with Crippen molar-refractivity contribution in [3.8, 4) is 0 Å². The molecule has 5 nitrogen and oxygen atoms in total. The van der Waals surface area contributed by atoms with E-state index in [-0.39, 0.29) is 17.8 Å². The molecule has 1 fully saturated rings. The van der Waals surface area contributed by atoms with Gasteiger partial charge in [0.25, 0.3) is 0 Å². The first kappa shape index (κ1) is 18.7. The van der Waals surface area contributed by atoms with Crippen molar-refractivity contribution in [2.24, 2.45) is 5.92 Å². The van der Waals surface area contributed by atoms with E-state index >= 15 is 0 Å². The van der Waals surface area contributed by atoms with Crippen LogP contribution in [-0.4, -0.2) is 49.6 Å². The molecule has 1 N–H and O–H groups in total. The normalized spacial score (nSPS) is 18.2. The van der Waals surface area contributed by atoms with E-state index in [0.29, 0.717) is 31.3 Å². The molecule has 1 aliphatic rings. The highest BCUT2D eigenvalue weighted by molar-refractivity contribution is 6.30. The first-order valence-electron chi connectivity index (χ1n) is 8.48. The largest absolute Gasteiger partial charge is 0.466 e. The minimum Gasteiger partial charge on any atom is -0.466 e. The fourth-order valence-electron chi connectivity index (χ4n) is 2.95. The third kappa shape index (κ3) is 6.13. The van der Waals surface area contributed by atoms with Gasteiger partial charge in [0, 0.05) is 18.1 Å². The Hall–Kier alpha value is -1.59. The number of piperidine rings is 1. The summed E-state index contributed by atoms with van der Waals surface area (Å²) in [5, 5.41) is 3.63. The molecule has 0 aliphatic carbocycles. The van der Waals surface area contributed by atoms with Crippen molar-refractivity contribution in [1.29, 1.82) is 0 Å². The first-order valence-corrected chi connectivity index (χ1v) is 8.86. The molecule has 0 unspecified atom stereocenters. The third-order valence-corrected chi connectivity index (χ3v) is 4.35. The van der Waals surface area contributed by atoms with Crippen LogP contribution in [0.25, 0.3) is 0 Å². The fraction of sp³-hybridized carbons (Fsp3) is 0.556. The van der Waals surface area contributed by atoms with Crippen LogP contribution in [0.4, 0.5) is 0 Å². The van der Waals surface area contributed by atoms with Gasteiger partial charge in [-0.25, -0.2) is 0 Å². The molecular formula is C18H25ClN2O3. The Balaban J connectivity index is 1.70. The molecule has 0 saturated carbocycles. The highest BCUT2D eigenvalue weighted by Crippen LogP contribution is 2.17. The van der Waals surface area contributed by atoms with Crippen LogP contribution in [0, 0.1) is 5.92 Å². The molecule has 132 valence electrons. The average molecular weight is 353 g/mol. The maximum absolute atomic E-state index is 12.1. The Morgan fingerprint density at radius 3 is 3.00 bits per heavy atom. The zero-order valence-corrected chi connectivity index (χ0v) is 14.8. The number of benzene rings is 1. The van der Waals surface area contributed by atoms with Gasteiger partial charge in [0.15, 0.2) is 0 Å². The molecule has 24 heavy (non-hydrogen) atoms. The molecule has 1 atom stereocenters. The van der Waals surface area contributed by atoms with E-state index in [1.54, 1.807) is 0 Å². The standard InChI is InChI=1S/C18H25ClN2O3/c1-2-24-18(23)15-6-4-10-21(12-15)13-17(22)20-9-8-14-5-3-7-16(19)11-14/h3,5,7,11,15H,2,4,6,8-10,12-13H2,1H3,(H,20,22)/t15-/m1/s1. The van der Waals surface area contributed by atoms with Gasteiger partial charge in [-0.3, -0.25) is 14.5 Å². The molecule has 0 aromatic heterocycles. The number of hydrogen-bond donors (Lipinski definition) is 1. The predicted molar refractivity (Wildman–Crippen MR) is 94.0 cm³/mol. The minimum absolute atomic E-state index is 0.0125. The smallest absolute Gasteiger partial charge is 0.310 e. The molecule has 1 saturated heterocycles. The van der Waals surface area contributed by atoms with Crippen molar-refractivity contribution in [3.05, 3.63) is 34.9 Å². The van der Waals surface area contributed by atoms with Gasteiger partial charge < -0.3 is 10.1 Å². The van der Waals surface area contributed by atoms with Crippen molar-refractivity contribution in [3.63, 3.8) is 0 Å². The summed E-state index contributed by atoms with van der Waals surface area (Å²) in [7, 11) is 0. The highest BCUT2D eigenvalue weighted by atomic mass is 35.5. The summed E-state index contributed by atoms with van der Waals surface area (Å²) in [5.74, 6) is -0.275. The SMILES string of the molecule is CCOC(=O)[C@@H]1CCCN(CC(=O)NCCc2cccc(Cl)c2)C1. The Morgan fingerprint density at radius 2 is 2.25 bits per heavy atom. The van der Waals surface area contributed by atoms with Crippen LogP contribution >= 0.6 is 11.6 Å². The van der Waals surface area contributed by atoms with Gasteiger partial charge in [-0.15, -0.1) is 0 Å². The maximum atomic E-state index is 12.1. The number of hydrogen-bond acceptors (Lipinski definition) is 4. The predicted octanol–water partition coefficient (Wildman–Crippen LogP) is 2.27. The maximum Gasteiger partial charge on any atom is 0.310 e. The van der Waals surface area contributed by atoms with Crippen LogP contribution in [-0.2, 0) is 20.7 Å². The van der Waals surface area contributed by atoms with Crippen molar-refractivity contribution in [2.75, 3.05) is 32.8 Å².